The van der Waals surface area contributed by atoms with Gasteiger partial charge in [0.15, 0.2) is 0 Å². The summed E-state index contributed by atoms with van der Waals surface area (Å²) in [5.41, 5.74) is 5.45. The maximum absolute atomic E-state index is 13.0. The van der Waals surface area contributed by atoms with Gasteiger partial charge in [-0.15, -0.1) is 0 Å². The average molecular weight is 255 g/mol. The molecule has 6 heteroatoms. The Hall–Kier alpha value is -2.11. The second kappa shape index (κ2) is 6.00. The van der Waals surface area contributed by atoms with Crippen molar-refractivity contribution >= 4 is 17.7 Å². The number of carbonyl (C=O) groups is 2. The summed E-state index contributed by atoms with van der Waals surface area (Å²) in [5, 5.41) is 0. The molecule has 1 heterocycles. The number of hydrogen-bond acceptors (Lipinski definition) is 2. The van der Waals surface area contributed by atoms with E-state index in [1.54, 1.807) is 6.07 Å². The lowest BCUT2D eigenvalue weighted by Crippen LogP contribution is -2.39. The van der Waals surface area contributed by atoms with Crippen LogP contribution in [0.4, 0.5) is 19.7 Å². The van der Waals surface area contributed by atoms with E-state index in [2.05, 4.69) is 0 Å². The van der Waals surface area contributed by atoms with Crippen molar-refractivity contribution in [2.45, 2.75) is 13.8 Å². The van der Waals surface area contributed by atoms with Crippen LogP contribution in [0.15, 0.2) is 24.3 Å². The van der Waals surface area contributed by atoms with Crippen molar-refractivity contribution < 1.29 is 15.4 Å². The lowest BCUT2D eigenvalue weighted by Gasteiger charge is -2.16. The normalized spacial score (nSPS) is 14.3. The number of carbonyl (C=O) groups excluding carboxylic acids is 2. The van der Waals surface area contributed by atoms with Crippen LogP contribution in [0.25, 0.3) is 0 Å². The second-order valence-electron chi connectivity index (χ2n) is 3.40. The summed E-state index contributed by atoms with van der Waals surface area (Å²) in [7, 11) is 0. The van der Waals surface area contributed by atoms with E-state index in [4.69, 9.17) is 5.73 Å². The standard InChI is InChI=1S/C10H10FN3O2.C2H6.H2/c11-7-2-1-3-8(6-7)13-4-5-14(9(12)15)10(13)16;1-2;/h1-3,6H,4-5H2,(H2,12,15);1-2H3;1H. The molecule has 4 amide bonds. The predicted molar refractivity (Wildman–Crippen MR) is 68.9 cm³/mol. The Kier molecular flexibility index (Phi) is 4.65. The number of nitrogens with zero attached hydrogens (tertiary/aromatic N) is 2. The fourth-order valence-electron chi connectivity index (χ4n) is 1.63. The van der Waals surface area contributed by atoms with Gasteiger partial charge in [-0.25, -0.2) is 18.9 Å². The number of hydrogen-bond donors (Lipinski definition) is 1. The smallest absolute Gasteiger partial charge is 0.332 e. The molecule has 0 aliphatic carbocycles. The first-order chi connectivity index (χ1) is 8.59. The third-order valence-electron chi connectivity index (χ3n) is 2.39. The second-order valence-corrected chi connectivity index (χ2v) is 3.40. The van der Waals surface area contributed by atoms with Gasteiger partial charge < -0.3 is 5.73 Å². The summed E-state index contributed by atoms with van der Waals surface area (Å²) in [6, 6.07) is 4.33. The minimum atomic E-state index is -0.788. The summed E-state index contributed by atoms with van der Waals surface area (Å²) >= 11 is 0. The molecule has 0 radical (unpaired) electrons. The van der Waals surface area contributed by atoms with Crippen molar-refractivity contribution in [2.75, 3.05) is 18.0 Å². The van der Waals surface area contributed by atoms with Crippen LogP contribution >= 0.6 is 0 Å². The molecule has 1 saturated heterocycles. The number of rotatable bonds is 1. The molecule has 0 atom stereocenters. The van der Waals surface area contributed by atoms with Gasteiger partial charge in [0.1, 0.15) is 5.82 Å². The SMILES string of the molecule is CC.NC(=O)N1CCN(c2cccc(F)c2)C1=O.[HH]. The first-order valence-electron chi connectivity index (χ1n) is 5.73. The van der Waals surface area contributed by atoms with Crippen LogP contribution in [0.5, 0.6) is 0 Å². The molecule has 0 unspecified atom stereocenters. The molecule has 1 aromatic carbocycles. The number of imide groups is 1. The monoisotopic (exact) mass is 255 g/mol. The largest absolute Gasteiger partial charge is 0.351 e. The minimum absolute atomic E-state index is 0. The fourth-order valence-corrected chi connectivity index (χ4v) is 1.63. The van der Waals surface area contributed by atoms with Crippen molar-refractivity contribution in [3.05, 3.63) is 30.1 Å². The zero-order chi connectivity index (χ0) is 13.7. The average Bonchev–Trinajstić information content (AvgIpc) is 2.74. The molecule has 2 rings (SSSR count). The van der Waals surface area contributed by atoms with E-state index in [0.29, 0.717) is 12.2 Å². The highest BCUT2D eigenvalue weighted by Crippen LogP contribution is 2.20. The highest BCUT2D eigenvalue weighted by Gasteiger charge is 2.32. The number of urea groups is 2. The first-order valence-corrected chi connectivity index (χ1v) is 5.73. The molecule has 1 aliphatic heterocycles. The molecule has 1 aliphatic rings. The van der Waals surface area contributed by atoms with Gasteiger partial charge in [-0.3, -0.25) is 4.90 Å². The topological polar surface area (TPSA) is 66.6 Å². The van der Waals surface area contributed by atoms with Gasteiger partial charge in [-0.1, -0.05) is 19.9 Å². The van der Waals surface area contributed by atoms with Gasteiger partial charge in [-0.05, 0) is 18.2 Å². The Balaban J connectivity index is 0.00000103. The molecule has 18 heavy (non-hydrogen) atoms. The van der Waals surface area contributed by atoms with Crippen molar-refractivity contribution in [1.29, 1.82) is 0 Å². The van der Waals surface area contributed by atoms with E-state index in [0.717, 1.165) is 4.90 Å². The minimum Gasteiger partial charge on any atom is -0.351 e. The summed E-state index contributed by atoms with van der Waals surface area (Å²) in [4.78, 5) is 24.8. The number of benzene rings is 1. The highest BCUT2D eigenvalue weighted by molar-refractivity contribution is 6.03. The molecular formula is C12H18FN3O2. The number of primary amides is 1. The van der Waals surface area contributed by atoms with E-state index in [1.165, 1.54) is 23.1 Å². The maximum Gasteiger partial charge on any atom is 0.332 e. The van der Waals surface area contributed by atoms with Crippen LogP contribution in [0.3, 0.4) is 0 Å². The summed E-state index contributed by atoms with van der Waals surface area (Å²) < 4.78 is 13.0. The Morgan fingerprint density at radius 3 is 2.56 bits per heavy atom. The Morgan fingerprint density at radius 1 is 1.39 bits per heavy atom. The molecule has 5 nitrogen and oxygen atoms in total. The summed E-state index contributed by atoms with van der Waals surface area (Å²) in [6.45, 7) is 4.55. The summed E-state index contributed by atoms with van der Waals surface area (Å²) in [6.07, 6.45) is 0. The van der Waals surface area contributed by atoms with Crippen molar-refractivity contribution in [3.8, 4) is 0 Å². The lowest BCUT2D eigenvalue weighted by atomic mass is 10.3. The van der Waals surface area contributed by atoms with Crippen molar-refractivity contribution in [3.63, 3.8) is 0 Å². The lowest BCUT2D eigenvalue weighted by molar-refractivity contribution is 0.206. The fraction of sp³-hybridized carbons (Fsp3) is 0.333. The van der Waals surface area contributed by atoms with E-state index < -0.39 is 17.9 Å². The molecule has 1 fully saturated rings. The number of amides is 4. The van der Waals surface area contributed by atoms with Gasteiger partial charge in [0.05, 0.1) is 6.54 Å². The highest BCUT2D eigenvalue weighted by atomic mass is 19.1. The number of anilines is 1. The van der Waals surface area contributed by atoms with Crippen LogP contribution in [-0.4, -0.2) is 30.1 Å². The van der Waals surface area contributed by atoms with Crippen molar-refractivity contribution in [2.24, 2.45) is 5.73 Å². The molecular weight excluding hydrogens is 237 g/mol. The first kappa shape index (κ1) is 14.0. The molecule has 1 aromatic rings. The van der Waals surface area contributed by atoms with Crippen LogP contribution < -0.4 is 10.6 Å². The van der Waals surface area contributed by atoms with Gasteiger partial charge in [0.25, 0.3) is 0 Å². The third-order valence-corrected chi connectivity index (χ3v) is 2.39. The molecule has 100 valence electrons. The molecule has 0 spiro atoms. The van der Waals surface area contributed by atoms with E-state index in [9.17, 15) is 14.0 Å². The quantitative estimate of drug-likeness (QED) is 0.837. The zero-order valence-corrected chi connectivity index (χ0v) is 10.4. The van der Waals surface area contributed by atoms with Crippen molar-refractivity contribution in [1.82, 2.24) is 4.90 Å². The van der Waals surface area contributed by atoms with Crippen LogP contribution in [0, 0.1) is 5.82 Å². The maximum atomic E-state index is 13.0. The van der Waals surface area contributed by atoms with Crippen LogP contribution in [0.2, 0.25) is 0 Å². The van der Waals surface area contributed by atoms with Crippen LogP contribution in [0.1, 0.15) is 15.3 Å². The molecule has 0 bridgehead atoms. The van der Waals surface area contributed by atoms with Gasteiger partial charge in [0.2, 0.25) is 0 Å². The van der Waals surface area contributed by atoms with E-state index >= 15 is 0 Å². The molecule has 2 N–H and O–H groups in total. The Morgan fingerprint density at radius 2 is 2.06 bits per heavy atom. The zero-order valence-electron chi connectivity index (χ0n) is 10.4. The van der Waals surface area contributed by atoms with Gasteiger partial charge in [-0.2, -0.15) is 0 Å². The Bertz CT molecular complexity index is 456. The van der Waals surface area contributed by atoms with Gasteiger partial charge in [0, 0.05) is 13.7 Å². The number of halogens is 1. The van der Waals surface area contributed by atoms with E-state index in [-0.39, 0.29) is 7.97 Å². The van der Waals surface area contributed by atoms with Crippen LogP contribution in [-0.2, 0) is 0 Å². The third kappa shape index (κ3) is 2.77. The molecule has 0 aromatic heterocycles. The molecule has 0 saturated carbocycles. The predicted octanol–water partition coefficient (Wildman–Crippen LogP) is 2.42. The van der Waals surface area contributed by atoms with E-state index in [1.807, 2.05) is 13.8 Å². The van der Waals surface area contributed by atoms with Gasteiger partial charge >= 0.3 is 12.1 Å². The number of nitrogens with two attached hydrogens (primary N) is 1. The summed E-state index contributed by atoms with van der Waals surface area (Å²) in [5.74, 6) is -0.428. The Labute approximate surface area is 106 Å².